The van der Waals surface area contributed by atoms with Crippen LogP contribution in [0.5, 0.6) is 0 Å². The first-order valence-electron chi connectivity index (χ1n) is 9.11. The smallest absolute Gasteiger partial charge is 0.306 e. The van der Waals surface area contributed by atoms with Crippen molar-refractivity contribution in [2.24, 2.45) is 17.3 Å². The van der Waals surface area contributed by atoms with Gasteiger partial charge in [-0.3, -0.25) is 4.79 Å². The van der Waals surface area contributed by atoms with Gasteiger partial charge in [-0.25, -0.2) is 0 Å². The molecule has 1 aromatic heterocycles. The van der Waals surface area contributed by atoms with Crippen LogP contribution >= 0.6 is 0 Å². The van der Waals surface area contributed by atoms with Crippen molar-refractivity contribution in [3.05, 3.63) is 23.2 Å². The molecule has 3 rings (SSSR count). The van der Waals surface area contributed by atoms with Crippen LogP contribution in [-0.4, -0.2) is 22.8 Å². The van der Waals surface area contributed by atoms with Gasteiger partial charge in [0.25, 0.3) is 0 Å². The summed E-state index contributed by atoms with van der Waals surface area (Å²) in [6.07, 6.45) is 5.09. The molecule has 1 saturated carbocycles. The maximum absolute atomic E-state index is 12.1. The molecular formula is C20H30O4. The molecule has 1 aromatic rings. The first-order chi connectivity index (χ1) is 11.1. The lowest BCUT2D eigenvalue weighted by atomic mass is 9.54. The van der Waals surface area contributed by atoms with Gasteiger partial charge < -0.3 is 14.3 Å². The Balaban J connectivity index is 1.83. The van der Waals surface area contributed by atoms with Gasteiger partial charge in [-0.1, -0.05) is 20.8 Å². The number of aryl methyl sites for hydroxylation is 1. The maximum atomic E-state index is 12.1. The quantitative estimate of drug-likeness (QED) is 0.854. The number of aliphatic hydroxyl groups is 1. The van der Waals surface area contributed by atoms with Crippen LogP contribution in [0.3, 0.4) is 0 Å². The molecule has 0 amide bonds. The SMILES string of the molecule is Cc1coc2c1C[C@@H]1[C@](C)(CC[C@@H](OC(=O)CC(C)C)[C@@]1(C)O)C2. The summed E-state index contributed by atoms with van der Waals surface area (Å²) in [6.45, 7) is 10.1. The van der Waals surface area contributed by atoms with E-state index in [-0.39, 0.29) is 23.2 Å². The Kier molecular flexibility index (Phi) is 4.31. The van der Waals surface area contributed by atoms with E-state index in [1.165, 1.54) is 5.56 Å². The molecule has 0 unspecified atom stereocenters. The van der Waals surface area contributed by atoms with Crippen LogP contribution in [0.2, 0.25) is 0 Å². The van der Waals surface area contributed by atoms with Crippen LogP contribution in [0, 0.1) is 24.2 Å². The molecule has 0 aromatic carbocycles. The van der Waals surface area contributed by atoms with Crippen LogP contribution in [0.25, 0.3) is 0 Å². The van der Waals surface area contributed by atoms with E-state index in [0.29, 0.717) is 12.8 Å². The first kappa shape index (κ1) is 17.5. The Morgan fingerprint density at radius 1 is 1.46 bits per heavy atom. The van der Waals surface area contributed by atoms with Gasteiger partial charge in [-0.05, 0) is 55.6 Å². The Bertz CT molecular complexity index is 628. The molecule has 4 atom stereocenters. The highest BCUT2D eigenvalue weighted by Gasteiger charge is 2.56. The third-order valence-electron chi connectivity index (χ3n) is 6.19. The Morgan fingerprint density at radius 2 is 2.17 bits per heavy atom. The highest BCUT2D eigenvalue weighted by molar-refractivity contribution is 5.69. The molecular weight excluding hydrogens is 304 g/mol. The molecule has 0 bridgehead atoms. The molecule has 0 radical (unpaired) electrons. The van der Waals surface area contributed by atoms with E-state index in [1.54, 1.807) is 0 Å². The summed E-state index contributed by atoms with van der Waals surface area (Å²) in [5, 5.41) is 11.3. The minimum atomic E-state index is -1.01. The van der Waals surface area contributed by atoms with E-state index in [1.807, 2.05) is 27.0 Å². The van der Waals surface area contributed by atoms with Gasteiger partial charge in [0.15, 0.2) is 0 Å². The standard InChI is InChI=1S/C20H30O4/c1-12(2)8-18(21)24-17-6-7-19(4)10-15-14(13(3)11-23-15)9-16(19)20(17,5)22/h11-12,16-17,22H,6-10H2,1-5H3/t16-,17-,19-,20+/m1/s1. The number of carbonyl (C=O) groups is 1. The van der Waals surface area contributed by atoms with Gasteiger partial charge >= 0.3 is 5.97 Å². The average Bonchev–Trinajstić information content (AvgIpc) is 2.80. The number of hydrogen-bond donors (Lipinski definition) is 1. The summed E-state index contributed by atoms with van der Waals surface area (Å²) in [6, 6.07) is 0. The predicted molar refractivity (Wildman–Crippen MR) is 91.6 cm³/mol. The first-order valence-corrected chi connectivity index (χ1v) is 9.11. The summed E-state index contributed by atoms with van der Waals surface area (Å²) < 4.78 is 11.4. The van der Waals surface area contributed by atoms with E-state index in [9.17, 15) is 9.90 Å². The summed E-state index contributed by atoms with van der Waals surface area (Å²) >= 11 is 0. The number of furan rings is 1. The molecule has 24 heavy (non-hydrogen) atoms. The summed E-state index contributed by atoms with van der Waals surface area (Å²) in [5.74, 6) is 1.20. The number of rotatable bonds is 3. The molecule has 1 heterocycles. The maximum Gasteiger partial charge on any atom is 0.306 e. The van der Waals surface area contributed by atoms with Crippen LogP contribution in [0.15, 0.2) is 10.7 Å². The van der Waals surface area contributed by atoms with Crippen molar-refractivity contribution in [2.75, 3.05) is 0 Å². The number of esters is 1. The lowest BCUT2D eigenvalue weighted by Crippen LogP contribution is -2.60. The van der Waals surface area contributed by atoms with E-state index in [4.69, 9.17) is 9.15 Å². The largest absolute Gasteiger partial charge is 0.469 e. The molecule has 1 N–H and O–H groups in total. The van der Waals surface area contributed by atoms with Gasteiger partial charge in [0.2, 0.25) is 0 Å². The number of fused-ring (bicyclic) bond motifs is 2. The highest BCUT2D eigenvalue weighted by atomic mass is 16.6. The fourth-order valence-corrected chi connectivity index (χ4v) is 4.76. The highest BCUT2D eigenvalue weighted by Crippen LogP contribution is 2.54. The van der Waals surface area contributed by atoms with E-state index in [0.717, 1.165) is 30.6 Å². The van der Waals surface area contributed by atoms with Gasteiger partial charge in [0.1, 0.15) is 17.5 Å². The van der Waals surface area contributed by atoms with Crippen molar-refractivity contribution >= 4 is 5.97 Å². The fraction of sp³-hybridized carbons (Fsp3) is 0.750. The predicted octanol–water partition coefficient (Wildman–Crippen LogP) is 3.81. The normalized spacial score (nSPS) is 35.5. The van der Waals surface area contributed by atoms with Crippen molar-refractivity contribution in [2.45, 2.75) is 78.4 Å². The zero-order chi connectivity index (χ0) is 17.7. The van der Waals surface area contributed by atoms with Gasteiger partial charge in [0, 0.05) is 18.8 Å². The molecule has 0 saturated heterocycles. The Labute approximate surface area is 144 Å². The summed E-state index contributed by atoms with van der Waals surface area (Å²) in [5.41, 5.74) is 1.36. The van der Waals surface area contributed by atoms with Crippen molar-refractivity contribution < 1.29 is 19.1 Å². The molecule has 4 nitrogen and oxygen atoms in total. The molecule has 0 spiro atoms. The lowest BCUT2D eigenvalue weighted by Gasteiger charge is -2.54. The number of hydrogen-bond acceptors (Lipinski definition) is 4. The van der Waals surface area contributed by atoms with Gasteiger partial charge in [-0.2, -0.15) is 0 Å². The van der Waals surface area contributed by atoms with Gasteiger partial charge in [-0.15, -0.1) is 0 Å². The molecule has 2 aliphatic rings. The number of carbonyl (C=O) groups excluding carboxylic acids is 1. The second-order valence-corrected chi connectivity index (χ2v) is 8.75. The lowest BCUT2D eigenvalue weighted by molar-refractivity contribution is -0.198. The summed E-state index contributed by atoms with van der Waals surface area (Å²) in [4.78, 5) is 12.1. The van der Waals surface area contributed by atoms with Crippen LogP contribution in [-0.2, 0) is 22.4 Å². The monoisotopic (exact) mass is 334 g/mol. The van der Waals surface area contributed by atoms with E-state index in [2.05, 4.69) is 13.8 Å². The Morgan fingerprint density at radius 3 is 2.83 bits per heavy atom. The summed E-state index contributed by atoms with van der Waals surface area (Å²) in [7, 11) is 0. The third-order valence-corrected chi connectivity index (χ3v) is 6.19. The molecule has 0 aliphatic heterocycles. The zero-order valence-electron chi connectivity index (χ0n) is 15.5. The van der Waals surface area contributed by atoms with Gasteiger partial charge in [0.05, 0.1) is 6.26 Å². The van der Waals surface area contributed by atoms with E-state index >= 15 is 0 Å². The topological polar surface area (TPSA) is 59.7 Å². The van der Waals surface area contributed by atoms with E-state index < -0.39 is 11.7 Å². The minimum absolute atomic E-state index is 0.0122. The third kappa shape index (κ3) is 2.90. The van der Waals surface area contributed by atoms with Crippen molar-refractivity contribution in [1.82, 2.24) is 0 Å². The number of ether oxygens (including phenoxy) is 1. The molecule has 134 valence electrons. The molecule has 1 fully saturated rings. The average molecular weight is 334 g/mol. The Hall–Kier alpha value is -1.29. The van der Waals surface area contributed by atoms with Crippen LogP contribution in [0.4, 0.5) is 0 Å². The fourth-order valence-electron chi connectivity index (χ4n) is 4.76. The molecule has 4 heteroatoms. The zero-order valence-corrected chi connectivity index (χ0v) is 15.5. The van der Waals surface area contributed by atoms with Crippen molar-refractivity contribution in [3.8, 4) is 0 Å². The minimum Gasteiger partial charge on any atom is -0.469 e. The second-order valence-electron chi connectivity index (χ2n) is 8.75. The van der Waals surface area contributed by atoms with Crippen LogP contribution < -0.4 is 0 Å². The van der Waals surface area contributed by atoms with Crippen molar-refractivity contribution in [3.63, 3.8) is 0 Å². The second kappa shape index (κ2) is 5.91. The molecule has 2 aliphatic carbocycles. The van der Waals surface area contributed by atoms with Crippen LogP contribution in [0.1, 0.15) is 63.8 Å². The van der Waals surface area contributed by atoms with Crippen molar-refractivity contribution in [1.29, 1.82) is 0 Å².